The molecule has 0 spiro atoms. The van der Waals surface area contributed by atoms with Crippen molar-refractivity contribution in [3.05, 3.63) is 57.0 Å². The molecule has 0 amide bonds. The lowest BCUT2D eigenvalue weighted by Gasteiger charge is -2.24. The Kier molecular flexibility index (Phi) is 4.00. The van der Waals surface area contributed by atoms with E-state index in [9.17, 15) is 13.2 Å². The van der Waals surface area contributed by atoms with Gasteiger partial charge in [0.05, 0.1) is 16.1 Å². The summed E-state index contributed by atoms with van der Waals surface area (Å²) in [5.74, 6) is -0.484. The van der Waals surface area contributed by atoms with Crippen molar-refractivity contribution in [1.29, 1.82) is 0 Å². The third kappa shape index (κ3) is 2.51. The molecule has 6 nitrogen and oxygen atoms in total. The van der Waals surface area contributed by atoms with Gasteiger partial charge in [-0.15, -0.1) is 0 Å². The van der Waals surface area contributed by atoms with Crippen molar-refractivity contribution in [1.82, 2.24) is 4.57 Å². The van der Waals surface area contributed by atoms with E-state index in [1.165, 1.54) is 21.0 Å². The highest BCUT2D eigenvalue weighted by Crippen LogP contribution is 2.38. The maximum absolute atomic E-state index is 13.3. The van der Waals surface area contributed by atoms with Gasteiger partial charge in [0.2, 0.25) is 0 Å². The Hall–Kier alpha value is -2.06. The minimum Gasteiger partial charge on any atom is -0.408 e. The Bertz CT molecular complexity index is 1180. The number of hydrogen-bond acceptors (Lipinski definition) is 4. The highest BCUT2D eigenvalue weighted by Gasteiger charge is 2.36. The number of halogens is 1. The fraction of sp³-hybridized carbons (Fsp3) is 0.278. The van der Waals surface area contributed by atoms with Crippen LogP contribution in [-0.2, 0) is 23.0 Å². The Morgan fingerprint density at radius 2 is 2.00 bits per heavy atom. The number of anilines is 1. The zero-order valence-electron chi connectivity index (χ0n) is 14.3. The number of sulfonamides is 1. The molecule has 136 valence electrons. The fourth-order valence-electron chi connectivity index (χ4n) is 3.56. The molecule has 1 aliphatic heterocycles. The molecule has 0 saturated carbocycles. The normalized spacial score (nSPS) is 17.0. The van der Waals surface area contributed by atoms with E-state index in [0.717, 1.165) is 10.0 Å². The minimum atomic E-state index is -3.77. The van der Waals surface area contributed by atoms with E-state index < -0.39 is 15.8 Å². The Labute approximate surface area is 159 Å². The lowest BCUT2D eigenvalue weighted by Crippen LogP contribution is -2.35. The summed E-state index contributed by atoms with van der Waals surface area (Å²) in [6.45, 7) is 4.18. The van der Waals surface area contributed by atoms with Crippen molar-refractivity contribution in [3.63, 3.8) is 0 Å². The molecule has 1 aromatic heterocycles. The van der Waals surface area contributed by atoms with Crippen LogP contribution in [0.3, 0.4) is 0 Å². The van der Waals surface area contributed by atoms with Crippen LogP contribution in [-0.4, -0.2) is 19.0 Å². The molecule has 2 aromatic carbocycles. The van der Waals surface area contributed by atoms with Crippen LogP contribution in [0.1, 0.15) is 19.4 Å². The summed E-state index contributed by atoms with van der Waals surface area (Å²) in [6.07, 6.45) is 0.650. The number of fused-ring (bicyclic) bond motifs is 2. The van der Waals surface area contributed by atoms with Crippen molar-refractivity contribution in [2.75, 3.05) is 4.31 Å². The van der Waals surface area contributed by atoms with Gasteiger partial charge in [-0.05, 0) is 56.2 Å². The zero-order valence-corrected chi connectivity index (χ0v) is 16.7. The second-order valence-corrected chi connectivity index (χ2v) is 9.10. The van der Waals surface area contributed by atoms with Crippen LogP contribution >= 0.6 is 15.9 Å². The number of nitrogens with zero attached hydrogens (tertiary/aromatic N) is 2. The molecule has 4 rings (SSSR count). The number of hydrogen-bond donors (Lipinski definition) is 0. The highest BCUT2D eigenvalue weighted by molar-refractivity contribution is 9.10. The molecule has 0 fully saturated rings. The summed E-state index contributed by atoms with van der Waals surface area (Å²) < 4.78 is 35.6. The Morgan fingerprint density at radius 3 is 2.73 bits per heavy atom. The van der Waals surface area contributed by atoms with Gasteiger partial charge in [-0.1, -0.05) is 15.9 Å². The fourth-order valence-corrected chi connectivity index (χ4v) is 5.67. The van der Waals surface area contributed by atoms with Gasteiger partial charge in [0.25, 0.3) is 10.0 Å². The van der Waals surface area contributed by atoms with Crippen LogP contribution in [0.2, 0.25) is 0 Å². The molecular formula is C18H17BrN2O4S. The topological polar surface area (TPSA) is 72.5 Å². The van der Waals surface area contributed by atoms with Crippen molar-refractivity contribution in [2.24, 2.45) is 0 Å². The van der Waals surface area contributed by atoms with Crippen molar-refractivity contribution >= 4 is 42.7 Å². The quantitative estimate of drug-likeness (QED) is 0.629. The first-order chi connectivity index (χ1) is 12.3. The van der Waals surface area contributed by atoms with Crippen molar-refractivity contribution in [3.8, 4) is 0 Å². The summed E-state index contributed by atoms with van der Waals surface area (Å²) in [5.41, 5.74) is 2.55. The molecule has 0 saturated heterocycles. The molecular weight excluding hydrogens is 420 g/mol. The van der Waals surface area contributed by atoms with Crippen LogP contribution in [0.5, 0.6) is 0 Å². The monoisotopic (exact) mass is 436 g/mol. The molecule has 1 aliphatic rings. The number of rotatable bonds is 3. The molecule has 8 heteroatoms. The third-order valence-electron chi connectivity index (χ3n) is 4.71. The lowest BCUT2D eigenvalue weighted by molar-refractivity contribution is 0.512. The van der Waals surface area contributed by atoms with Gasteiger partial charge < -0.3 is 4.42 Å². The first-order valence-electron chi connectivity index (χ1n) is 8.29. The molecule has 0 N–H and O–H groups in total. The van der Waals surface area contributed by atoms with Gasteiger partial charge in [-0.2, -0.15) is 0 Å². The summed E-state index contributed by atoms with van der Waals surface area (Å²) in [5, 5.41) is 0. The molecule has 0 aliphatic carbocycles. The van der Waals surface area contributed by atoms with Gasteiger partial charge in [-0.25, -0.2) is 13.2 Å². The van der Waals surface area contributed by atoms with E-state index in [1.807, 2.05) is 32.0 Å². The first kappa shape index (κ1) is 17.4. The summed E-state index contributed by atoms with van der Waals surface area (Å²) >= 11 is 3.43. The lowest BCUT2D eigenvalue weighted by atomic mass is 10.1. The van der Waals surface area contributed by atoms with E-state index in [1.54, 1.807) is 6.07 Å². The van der Waals surface area contributed by atoms with Crippen LogP contribution < -0.4 is 10.1 Å². The van der Waals surface area contributed by atoms with Crippen LogP contribution in [0.15, 0.2) is 55.0 Å². The van der Waals surface area contributed by atoms with Gasteiger partial charge in [0.15, 0.2) is 5.58 Å². The Morgan fingerprint density at radius 1 is 1.23 bits per heavy atom. The van der Waals surface area contributed by atoms with E-state index >= 15 is 0 Å². The second kappa shape index (κ2) is 5.99. The molecule has 0 bridgehead atoms. The molecule has 0 radical (unpaired) electrons. The van der Waals surface area contributed by atoms with Crippen LogP contribution in [0.4, 0.5) is 5.69 Å². The number of benzene rings is 2. The SMILES string of the molecule is CCn1c(=O)oc2cc(S(=O)(=O)N3c4ccc(Br)cc4C[C@@H]3C)ccc21. The second-order valence-electron chi connectivity index (χ2n) is 6.37. The number of oxazole rings is 1. The van der Waals surface area contributed by atoms with Gasteiger partial charge in [0.1, 0.15) is 0 Å². The van der Waals surface area contributed by atoms with E-state index in [4.69, 9.17) is 4.42 Å². The number of aromatic nitrogens is 1. The predicted molar refractivity (Wildman–Crippen MR) is 103 cm³/mol. The average Bonchev–Trinajstić information content (AvgIpc) is 3.08. The maximum Gasteiger partial charge on any atom is 0.419 e. The largest absolute Gasteiger partial charge is 0.419 e. The molecule has 0 unspecified atom stereocenters. The maximum atomic E-state index is 13.3. The summed E-state index contributed by atoms with van der Waals surface area (Å²) in [4.78, 5) is 12.0. The molecule has 1 atom stereocenters. The summed E-state index contributed by atoms with van der Waals surface area (Å²) in [6, 6.07) is 10.00. The van der Waals surface area contributed by atoms with Crippen LogP contribution in [0.25, 0.3) is 11.1 Å². The standard InChI is InChI=1S/C18H17BrN2O4S/c1-3-20-16-7-5-14(10-17(16)25-18(20)22)26(23,24)21-11(2)8-12-9-13(19)4-6-15(12)21/h4-7,9-11H,3,8H2,1-2H3/t11-/m0/s1. The Balaban J connectivity index is 1.85. The van der Waals surface area contributed by atoms with Gasteiger partial charge >= 0.3 is 5.76 Å². The number of aryl methyl sites for hydroxylation is 1. The van der Waals surface area contributed by atoms with E-state index in [0.29, 0.717) is 24.2 Å². The van der Waals surface area contributed by atoms with Gasteiger partial charge in [-0.3, -0.25) is 8.87 Å². The smallest absolute Gasteiger partial charge is 0.408 e. The molecule has 26 heavy (non-hydrogen) atoms. The van der Waals surface area contributed by atoms with Crippen molar-refractivity contribution in [2.45, 2.75) is 37.8 Å². The van der Waals surface area contributed by atoms with E-state index in [-0.39, 0.29) is 16.5 Å². The molecule has 2 heterocycles. The minimum absolute atomic E-state index is 0.115. The average molecular weight is 437 g/mol. The zero-order chi connectivity index (χ0) is 18.6. The highest BCUT2D eigenvalue weighted by atomic mass is 79.9. The van der Waals surface area contributed by atoms with Gasteiger partial charge in [0, 0.05) is 23.1 Å². The van der Waals surface area contributed by atoms with Crippen LogP contribution in [0, 0.1) is 0 Å². The third-order valence-corrected chi connectivity index (χ3v) is 7.12. The predicted octanol–water partition coefficient (Wildman–Crippen LogP) is 3.52. The van der Waals surface area contributed by atoms with E-state index in [2.05, 4.69) is 15.9 Å². The summed E-state index contributed by atoms with van der Waals surface area (Å²) in [7, 11) is -3.77. The molecule has 3 aromatic rings. The first-order valence-corrected chi connectivity index (χ1v) is 10.5. The van der Waals surface area contributed by atoms with Crippen molar-refractivity contribution < 1.29 is 12.8 Å².